The quantitative estimate of drug-likeness (QED) is 0.635. The van der Waals surface area contributed by atoms with Gasteiger partial charge in [0.1, 0.15) is 8.30 Å². The fraction of sp³-hybridized carbons (Fsp3) is 0. The van der Waals surface area contributed by atoms with E-state index in [1.807, 2.05) is 22.6 Å². The molecule has 11 heavy (non-hydrogen) atoms. The van der Waals surface area contributed by atoms with E-state index < -0.39 is 5.97 Å². The Kier molecular flexibility index (Phi) is 2.83. The van der Waals surface area contributed by atoms with Crippen LogP contribution in [0.3, 0.4) is 0 Å². The molecule has 0 fully saturated rings. The van der Waals surface area contributed by atoms with E-state index in [9.17, 15) is 4.79 Å². The van der Waals surface area contributed by atoms with Crippen LogP contribution in [-0.4, -0.2) is 16.1 Å². The first kappa shape index (κ1) is 8.92. The molecule has 0 amide bonds. The van der Waals surface area contributed by atoms with Gasteiger partial charge in [0.05, 0.1) is 5.56 Å². The van der Waals surface area contributed by atoms with Gasteiger partial charge in [0.25, 0.3) is 0 Å². The smallest absolute Gasteiger partial charge is 0.338 e. The number of carboxylic acid groups (broad SMARTS) is 1. The highest BCUT2D eigenvalue weighted by Gasteiger charge is 2.08. The van der Waals surface area contributed by atoms with Crippen LogP contribution in [0.15, 0.2) is 16.7 Å². The van der Waals surface area contributed by atoms with Gasteiger partial charge in [0, 0.05) is 0 Å². The monoisotopic (exact) mass is 327 g/mol. The molecule has 1 rings (SSSR count). The zero-order chi connectivity index (χ0) is 8.43. The van der Waals surface area contributed by atoms with Crippen molar-refractivity contribution in [2.75, 3.05) is 0 Å². The van der Waals surface area contributed by atoms with Gasteiger partial charge in [-0.25, -0.2) is 9.78 Å². The van der Waals surface area contributed by atoms with Crippen molar-refractivity contribution in [3.05, 3.63) is 26.0 Å². The predicted octanol–water partition coefficient (Wildman–Crippen LogP) is 2.15. The van der Waals surface area contributed by atoms with Gasteiger partial charge in [0.15, 0.2) is 0 Å². The third-order valence-electron chi connectivity index (χ3n) is 1.05. The molecule has 5 heteroatoms. The highest BCUT2D eigenvalue weighted by atomic mass is 127. The van der Waals surface area contributed by atoms with Crippen molar-refractivity contribution in [1.82, 2.24) is 4.98 Å². The molecular formula is C6H3BrINO2. The molecule has 1 N–H and O–H groups in total. The lowest BCUT2D eigenvalue weighted by Gasteiger charge is -1.96. The van der Waals surface area contributed by atoms with Gasteiger partial charge in [-0.3, -0.25) is 0 Å². The molecule has 0 aliphatic carbocycles. The second-order valence-corrected chi connectivity index (χ2v) is 3.63. The molecule has 0 aliphatic heterocycles. The van der Waals surface area contributed by atoms with Gasteiger partial charge in [0.2, 0.25) is 0 Å². The molecule has 58 valence electrons. The normalized spacial score (nSPS) is 9.64. The second-order valence-electron chi connectivity index (χ2n) is 1.78. The van der Waals surface area contributed by atoms with Crippen molar-refractivity contribution in [2.45, 2.75) is 0 Å². The van der Waals surface area contributed by atoms with E-state index in [-0.39, 0.29) is 5.56 Å². The van der Waals surface area contributed by atoms with Gasteiger partial charge in [-0.05, 0) is 50.7 Å². The SMILES string of the molecule is O=C(O)c1ccc(I)nc1Br. The molecule has 0 atom stereocenters. The molecule has 1 aromatic rings. The molecule has 0 saturated carbocycles. The predicted molar refractivity (Wildman–Crippen MR) is 51.6 cm³/mol. The van der Waals surface area contributed by atoms with Crippen molar-refractivity contribution in [1.29, 1.82) is 0 Å². The molecule has 0 aliphatic rings. The summed E-state index contributed by atoms with van der Waals surface area (Å²) in [6, 6.07) is 3.16. The molecule has 0 aromatic carbocycles. The molecule has 0 spiro atoms. The topological polar surface area (TPSA) is 50.2 Å². The Morgan fingerprint density at radius 3 is 2.73 bits per heavy atom. The molecule has 0 bridgehead atoms. The standard InChI is InChI=1S/C6H3BrINO2/c7-5-3(6(10)11)1-2-4(8)9-5/h1-2H,(H,10,11). The van der Waals surface area contributed by atoms with E-state index in [0.29, 0.717) is 4.60 Å². The summed E-state index contributed by atoms with van der Waals surface area (Å²) in [7, 11) is 0. The van der Waals surface area contributed by atoms with Crippen molar-refractivity contribution in [2.24, 2.45) is 0 Å². The van der Waals surface area contributed by atoms with Crippen molar-refractivity contribution >= 4 is 44.5 Å². The van der Waals surface area contributed by atoms with Gasteiger partial charge in [-0.1, -0.05) is 0 Å². The molecule has 1 heterocycles. The first-order valence-corrected chi connectivity index (χ1v) is 4.54. The molecule has 1 aromatic heterocycles. The van der Waals surface area contributed by atoms with E-state index in [2.05, 4.69) is 20.9 Å². The lowest BCUT2D eigenvalue weighted by Crippen LogP contribution is -1.99. The minimum absolute atomic E-state index is 0.186. The highest BCUT2D eigenvalue weighted by Crippen LogP contribution is 2.15. The van der Waals surface area contributed by atoms with E-state index in [0.717, 1.165) is 3.70 Å². The molecule has 0 radical (unpaired) electrons. The third-order valence-corrected chi connectivity index (χ3v) is 2.25. The van der Waals surface area contributed by atoms with Crippen molar-refractivity contribution in [3.8, 4) is 0 Å². The van der Waals surface area contributed by atoms with Crippen LogP contribution >= 0.6 is 38.5 Å². The van der Waals surface area contributed by atoms with E-state index >= 15 is 0 Å². The largest absolute Gasteiger partial charge is 0.478 e. The summed E-state index contributed by atoms with van der Waals surface area (Å²) in [5, 5.41) is 8.58. The van der Waals surface area contributed by atoms with Crippen molar-refractivity contribution < 1.29 is 9.90 Å². The number of nitrogens with zero attached hydrogens (tertiary/aromatic N) is 1. The van der Waals surface area contributed by atoms with Crippen LogP contribution in [0.4, 0.5) is 0 Å². The van der Waals surface area contributed by atoms with Crippen LogP contribution in [0.25, 0.3) is 0 Å². The van der Waals surface area contributed by atoms with E-state index in [1.54, 1.807) is 6.07 Å². The molecular weight excluding hydrogens is 325 g/mol. The van der Waals surface area contributed by atoms with Crippen LogP contribution in [0, 0.1) is 3.70 Å². The Morgan fingerprint density at radius 1 is 1.64 bits per heavy atom. The number of carboxylic acids is 1. The molecule has 3 nitrogen and oxygen atoms in total. The number of hydrogen-bond acceptors (Lipinski definition) is 2. The summed E-state index contributed by atoms with van der Waals surface area (Å²) < 4.78 is 1.14. The zero-order valence-corrected chi connectivity index (χ0v) is 8.96. The van der Waals surface area contributed by atoms with Crippen LogP contribution < -0.4 is 0 Å². The number of aromatic nitrogens is 1. The fourth-order valence-electron chi connectivity index (χ4n) is 0.572. The van der Waals surface area contributed by atoms with Gasteiger partial charge in [-0.15, -0.1) is 0 Å². The maximum atomic E-state index is 10.5. The summed E-state index contributed by atoms with van der Waals surface area (Å²) in [6.45, 7) is 0. The number of aromatic carboxylic acids is 1. The Morgan fingerprint density at radius 2 is 2.27 bits per heavy atom. The summed E-state index contributed by atoms with van der Waals surface area (Å²) >= 11 is 5.06. The summed E-state index contributed by atoms with van der Waals surface area (Å²) in [4.78, 5) is 14.4. The average Bonchev–Trinajstić information content (AvgIpc) is 1.85. The van der Waals surface area contributed by atoms with Crippen LogP contribution in [-0.2, 0) is 0 Å². The van der Waals surface area contributed by atoms with Gasteiger partial charge >= 0.3 is 5.97 Å². The maximum absolute atomic E-state index is 10.5. The number of pyridine rings is 1. The second kappa shape index (κ2) is 3.48. The first-order valence-electron chi connectivity index (χ1n) is 2.66. The molecule has 0 unspecified atom stereocenters. The van der Waals surface area contributed by atoms with Crippen LogP contribution in [0.5, 0.6) is 0 Å². The Bertz CT molecular complexity index is 303. The number of carbonyl (C=O) groups is 1. The third kappa shape index (κ3) is 2.13. The number of hydrogen-bond donors (Lipinski definition) is 1. The lowest BCUT2D eigenvalue weighted by atomic mass is 10.3. The summed E-state index contributed by atoms with van der Waals surface area (Å²) in [6.07, 6.45) is 0. The Hall–Kier alpha value is -0.170. The zero-order valence-electron chi connectivity index (χ0n) is 5.21. The lowest BCUT2D eigenvalue weighted by molar-refractivity contribution is 0.0695. The molecule has 0 saturated heterocycles. The number of rotatable bonds is 1. The van der Waals surface area contributed by atoms with Gasteiger partial charge in [-0.2, -0.15) is 0 Å². The van der Waals surface area contributed by atoms with Gasteiger partial charge < -0.3 is 5.11 Å². The Balaban J connectivity index is 3.20. The minimum Gasteiger partial charge on any atom is -0.478 e. The summed E-state index contributed by atoms with van der Waals surface area (Å²) in [5.41, 5.74) is 0.186. The Labute approximate surface area is 85.1 Å². The van der Waals surface area contributed by atoms with Crippen molar-refractivity contribution in [3.63, 3.8) is 0 Å². The highest BCUT2D eigenvalue weighted by molar-refractivity contribution is 14.1. The first-order chi connectivity index (χ1) is 5.11. The van der Waals surface area contributed by atoms with E-state index in [1.165, 1.54) is 6.07 Å². The number of halogens is 2. The van der Waals surface area contributed by atoms with Crippen LogP contribution in [0.1, 0.15) is 10.4 Å². The van der Waals surface area contributed by atoms with E-state index in [4.69, 9.17) is 5.11 Å². The summed E-state index contributed by atoms with van der Waals surface area (Å²) in [5.74, 6) is -0.972. The fourth-order valence-corrected chi connectivity index (χ4v) is 1.82. The average molecular weight is 328 g/mol. The van der Waals surface area contributed by atoms with Crippen LogP contribution in [0.2, 0.25) is 0 Å². The minimum atomic E-state index is -0.972. The maximum Gasteiger partial charge on any atom is 0.338 e.